The lowest BCUT2D eigenvalue weighted by Crippen LogP contribution is -2.09. The zero-order valence-electron chi connectivity index (χ0n) is 10.6. The first kappa shape index (κ1) is 14.5. The predicted molar refractivity (Wildman–Crippen MR) is 77.7 cm³/mol. The van der Waals surface area contributed by atoms with Crippen molar-refractivity contribution in [1.29, 1.82) is 0 Å². The van der Waals surface area contributed by atoms with Crippen molar-refractivity contribution in [2.24, 2.45) is 0 Å². The van der Waals surface area contributed by atoms with Gasteiger partial charge < -0.3 is 0 Å². The predicted octanol–water partition coefficient (Wildman–Crippen LogP) is 3.55. The van der Waals surface area contributed by atoms with Gasteiger partial charge in [0, 0.05) is 10.6 Å². The molecule has 19 heavy (non-hydrogen) atoms. The van der Waals surface area contributed by atoms with E-state index in [1.54, 1.807) is 19.1 Å². The Balaban J connectivity index is 2.54. The fraction of sp³-hybridized carbons (Fsp3) is 0.250. The van der Waals surface area contributed by atoms with Crippen LogP contribution in [0, 0.1) is 13.8 Å². The first-order valence-electron chi connectivity index (χ1n) is 5.43. The quantitative estimate of drug-likeness (QED) is 0.869. The Morgan fingerprint density at radius 2 is 1.89 bits per heavy atom. The number of benzene rings is 1. The van der Waals surface area contributed by atoms with Crippen LogP contribution in [0.4, 0.5) is 0 Å². The number of aryl methyl sites for hydroxylation is 2. The van der Waals surface area contributed by atoms with Crippen LogP contribution in [-0.2, 0) is 15.4 Å². The average Bonchev–Trinajstić information content (AvgIpc) is 2.75. The van der Waals surface area contributed by atoms with Gasteiger partial charge in [0.1, 0.15) is 0 Å². The van der Waals surface area contributed by atoms with Gasteiger partial charge >= 0.3 is 0 Å². The van der Waals surface area contributed by atoms with Crippen LogP contribution in [0.2, 0.25) is 10.0 Å². The zero-order chi connectivity index (χ0) is 14.2. The van der Waals surface area contributed by atoms with Crippen molar-refractivity contribution in [3.63, 3.8) is 0 Å². The van der Waals surface area contributed by atoms with E-state index in [1.807, 2.05) is 13.0 Å². The Morgan fingerprint density at radius 1 is 1.21 bits per heavy atom. The summed E-state index contributed by atoms with van der Waals surface area (Å²) < 4.78 is 17.7. The van der Waals surface area contributed by atoms with Gasteiger partial charge in [0.25, 0.3) is 11.3 Å². The summed E-state index contributed by atoms with van der Waals surface area (Å²) >= 11 is 10.5. The molecule has 1 heterocycles. The molecule has 0 aliphatic carbocycles. The molecule has 2 aromatic rings. The minimum atomic E-state index is -1.63. The van der Waals surface area contributed by atoms with Gasteiger partial charge in [0.05, 0.1) is 23.5 Å². The smallest absolute Gasteiger partial charge is 0.276 e. The minimum absolute atomic E-state index is 0.503. The van der Waals surface area contributed by atoms with Gasteiger partial charge in [-0.3, -0.25) is 4.18 Å². The van der Waals surface area contributed by atoms with Gasteiger partial charge in [-0.25, -0.2) is 4.21 Å². The first-order chi connectivity index (χ1) is 8.93. The molecule has 0 spiro atoms. The van der Waals surface area contributed by atoms with E-state index in [9.17, 15) is 4.21 Å². The molecule has 1 aromatic heterocycles. The Hall–Kier alpha value is -0.880. The van der Waals surface area contributed by atoms with Crippen molar-refractivity contribution in [3.8, 4) is 11.3 Å². The van der Waals surface area contributed by atoms with E-state index < -0.39 is 11.3 Å². The molecule has 0 bridgehead atoms. The van der Waals surface area contributed by atoms with Crippen LogP contribution < -0.4 is 0 Å². The molecular formula is C12H12Cl2N2O2S. The van der Waals surface area contributed by atoms with Crippen LogP contribution >= 0.6 is 23.2 Å². The van der Waals surface area contributed by atoms with E-state index in [-0.39, 0.29) is 0 Å². The molecule has 0 aliphatic rings. The van der Waals surface area contributed by atoms with Crippen LogP contribution in [0.5, 0.6) is 0 Å². The van der Waals surface area contributed by atoms with E-state index in [0.29, 0.717) is 15.7 Å². The fourth-order valence-electron chi connectivity index (χ4n) is 1.67. The number of hydrogen-bond acceptors (Lipinski definition) is 3. The Morgan fingerprint density at radius 3 is 2.53 bits per heavy atom. The molecule has 0 amide bonds. The lowest BCUT2D eigenvalue weighted by molar-refractivity contribution is 0.434. The van der Waals surface area contributed by atoms with Crippen molar-refractivity contribution in [1.82, 2.24) is 9.19 Å². The van der Waals surface area contributed by atoms with Crippen LogP contribution in [0.3, 0.4) is 0 Å². The molecule has 1 atom stereocenters. The normalized spacial score (nSPS) is 12.7. The number of aromatic nitrogens is 2. The third-order valence-corrected chi connectivity index (χ3v) is 4.31. The molecule has 102 valence electrons. The molecule has 0 saturated carbocycles. The van der Waals surface area contributed by atoms with Crippen LogP contribution in [0.25, 0.3) is 11.3 Å². The molecule has 1 aromatic carbocycles. The van der Waals surface area contributed by atoms with Crippen molar-refractivity contribution < 1.29 is 8.39 Å². The van der Waals surface area contributed by atoms with Crippen molar-refractivity contribution >= 4 is 34.5 Å². The summed E-state index contributed by atoms with van der Waals surface area (Å²) in [5, 5.41) is 5.35. The standard InChI is InChI=1S/C12H12Cl2N2O2S/c1-7-4-9(11(14)6-10(7)13)12-5-8(2)16(15-12)19(17)18-3/h4-6H,1-3H3. The summed E-state index contributed by atoms with van der Waals surface area (Å²) in [5.74, 6) is 0. The summed E-state index contributed by atoms with van der Waals surface area (Å²) in [6, 6.07) is 5.33. The fourth-order valence-corrected chi connectivity index (χ4v) is 2.73. The second kappa shape index (κ2) is 5.63. The number of rotatable bonds is 3. The maximum Gasteiger partial charge on any atom is 0.285 e. The summed E-state index contributed by atoms with van der Waals surface area (Å²) in [6.07, 6.45) is 0. The maximum absolute atomic E-state index is 11.6. The summed E-state index contributed by atoms with van der Waals surface area (Å²) in [6.45, 7) is 3.68. The van der Waals surface area contributed by atoms with Gasteiger partial charge in [0.2, 0.25) is 0 Å². The second-order valence-electron chi connectivity index (χ2n) is 4.01. The van der Waals surface area contributed by atoms with Crippen LogP contribution in [-0.4, -0.2) is 20.5 Å². The van der Waals surface area contributed by atoms with E-state index in [0.717, 1.165) is 16.8 Å². The average molecular weight is 319 g/mol. The second-order valence-corrected chi connectivity index (χ2v) is 5.94. The summed E-state index contributed by atoms with van der Waals surface area (Å²) in [7, 11) is 1.36. The monoisotopic (exact) mass is 318 g/mol. The molecular weight excluding hydrogens is 307 g/mol. The molecule has 1 unspecified atom stereocenters. The van der Waals surface area contributed by atoms with Crippen molar-refractivity contribution in [3.05, 3.63) is 39.5 Å². The van der Waals surface area contributed by atoms with Crippen LogP contribution in [0.15, 0.2) is 18.2 Å². The minimum Gasteiger partial charge on any atom is -0.276 e. The highest BCUT2D eigenvalue weighted by molar-refractivity contribution is 7.78. The third-order valence-electron chi connectivity index (χ3n) is 2.65. The van der Waals surface area contributed by atoms with Gasteiger partial charge in [-0.05, 0) is 37.6 Å². The van der Waals surface area contributed by atoms with E-state index in [2.05, 4.69) is 5.10 Å². The van der Waals surface area contributed by atoms with Crippen molar-refractivity contribution in [2.75, 3.05) is 7.11 Å². The molecule has 0 aliphatic heterocycles. The highest BCUT2D eigenvalue weighted by Crippen LogP contribution is 2.32. The lowest BCUT2D eigenvalue weighted by Gasteiger charge is -2.04. The van der Waals surface area contributed by atoms with Crippen molar-refractivity contribution in [2.45, 2.75) is 13.8 Å². The maximum atomic E-state index is 11.6. The van der Waals surface area contributed by atoms with Gasteiger partial charge in [0.15, 0.2) is 0 Å². The molecule has 0 N–H and O–H groups in total. The van der Waals surface area contributed by atoms with Crippen LogP contribution in [0.1, 0.15) is 11.3 Å². The topological polar surface area (TPSA) is 44.1 Å². The highest BCUT2D eigenvalue weighted by Gasteiger charge is 2.14. The molecule has 4 nitrogen and oxygen atoms in total. The summed E-state index contributed by atoms with van der Waals surface area (Å²) in [5.41, 5.74) is 3.01. The summed E-state index contributed by atoms with van der Waals surface area (Å²) in [4.78, 5) is 0. The number of halogens is 2. The van der Waals surface area contributed by atoms with Gasteiger partial charge in [-0.1, -0.05) is 23.2 Å². The largest absolute Gasteiger partial charge is 0.285 e. The molecule has 0 saturated heterocycles. The SMILES string of the molecule is COS(=O)n1nc(-c2cc(C)c(Cl)cc2Cl)cc1C. The Kier molecular flexibility index (Phi) is 4.30. The highest BCUT2D eigenvalue weighted by atomic mass is 35.5. The first-order valence-corrected chi connectivity index (χ1v) is 7.22. The molecule has 2 rings (SSSR count). The van der Waals surface area contributed by atoms with E-state index >= 15 is 0 Å². The van der Waals surface area contributed by atoms with Gasteiger partial charge in [-0.15, -0.1) is 0 Å². The van der Waals surface area contributed by atoms with E-state index in [4.69, 9.17) is 27.4 Å². The van der Waals surface area contributed by atoms with Gasteiger partial charge in [-0.2, -0.15) is 9.19 Å². The number of hydrogen-bond donors (Lipinski definition) is 0. The van der Waals surface area contributed by atoms with E-state index in [1.165, 1.54) is 11.2 Å². The number of nitrogens with zero attached hydrogens (tertiary/aromatic N) is 2. The molecule has 0 fully saturated rings. The Labute approximate surface area is 124 Å². The molecule has 7 heteroatoms. The lowest BCUT2D eigenvalue weighted by atomic mass is 10.1. The third kappa shape index (κ3) is 2.84. The zero-order valence-corrected chi connectivity index (χ0v) is 12.9. The Bertz CT molecular complexity index is 655. The molecule has 0 radical (unpaired) electrons.